The Balaban J connectivity index is 1.93. The molecule has 6 N–H and O–H groups in total. The van der Waals surface area contributed by atoms with Crippen LogP contribution in [0.2, 0.25) is 0 Å². The number of hydrogen-bond acceptors (Lipinski definition) is 8. The molecule has 3 aliphatic rings. The van der Waals surface area contributed by atoms with Gasteiger partial charge >= 0.3 is 0 Å². The van der Waals surface area contributed by atoms with Gasteiger partial charge in [0.2, 0.25) is 0 Å². The van der Waals surface area contributed by atoms with Gasteiger partial charge in [-0.1, -0.05) is 31.9 Å². The van der Waals surface area contributed by atoms with Crippen LogP contribution in [0.25, 0.3) is 0 Å². The van der Waals surface area contributed by atoms with Crippen molar-refractivity contribution in [2.45, 2.75) is 103 Å². The molecule has 1 saturated heterocycles. The molecule has 8 nitrogen and oxygen atoms in total. The van der Waals surface area contributed by atoms with Gasteiger partial charge in [0.1, 0.15) is 18.3 Å². The zero-order valence-corrected chi connectivity index (χ0v) is 20.5. The molecule has 3 fully saturated rings. The Morgan fingerprint density at radius 3 is 2.42 bits per heavy atom. The number of fused-ring (bicyclic) bond motifs is 1. The molecule has 192 valence electrons. The highest BCUT2D eigenvalue weighted by atomic mass is 16.7. The second-order valence-corrected chi connectivity index (χ2v) is 11.5. The molecule has 2 aliphatic carbocycles. The molecule has 0 aromatic carbocycles. The third kappa shape index (κ3) is 5.19. The number of hydrogen-bond donors (Lipinski definition) is 6. The highest BCUT2D eigenvalue weighted by molar-refractivity contribution is 5.13. The fourth-order valence-electron chi connectivity index (χ4n) is 7.27. The van der Waals surface area contributed by atoms with Crippen LogP contribution >= 0.6 is 0 Å². The molecule has 8 heteroatoms. The van der Waals surface area contributed by atoms with Gasteiger partial charge in [-0.25, -0.2) is 0 Å². The smallest absolute Gasteiger partial charge is 0.186 e. The van der Waals surface area contributed by atoms with Crippen molar-refractivity contribution in [3.8, 4) is 0 Å². The molecule has 1 aliphatic heterocycles. The van der Waals surface area contributed by atoms with E-state index in [1.165, 1.54) is 0 Å². The fraction of sp³-hybridized carbons (Fsp3) is 0.920. The number of ether oxygens (including phenoxy) is 2. The Morgan fingerprint density at radius 1 is 1.09 bits per heavy atom. The van der Waals surface area contributed by atoms with Crippen molar-refractivity contribution >= 4 is 0 Å². The lowest BCUT2D eigenvalue weighted by molar-refractivity contribution is -0.318. The molecule has 3 rings (SSSR count). The monoisotopic (exact) mass is 472 g/mol. The molecule has 10 atom stereocenters. The molecule has 1 heterocycles. The van der Waals surface area contributed by atoms with E-state index >= 15 is 0 Å². The van der Waals surface area contributed by atoms with Crippen molar-refractivity contribution in [3.63, 3.8) is 0 Å². The van der Waals surface area contributed by atoms with Crippen molar-refractivity contribution in [1.29, 1.82) is 0 Å². The Kier molecular flexibility index (Phi) is 8.34. The van der Waals surface area contributed by atoms with Crippen molar-refractivity contribution in [1.82, 2.24) is 0 Å². The van der Waals surface area contributed by atoms with Crippen LogP contribution in [0.1, 0.15) is 66.2 Å². The second-order valence-electron chi connectivity index (χ2n) is 11.5. The van der Waals surface area contributed by atoms with Crippen LogP contribution in [-0.2, 0) is 9.47 Å². The lowest BCUT2D eigenvalue weighted by atomic mass is 9.44. The molecule has 0 aromatic rings. The Morgan fingerprint density at radius 2 is 1.79 bits per heavy atom. The predicted molar refractivity (Wildman–Crippen MR) is 122 cm³/mol. The van der Waals surface area contributed by atoms with Crippen molar-refractivity contribution in [2.24, 2.45) is 22.7 Å². The van der Waals surface area contributed by atoms with Gasteiger partial charge in [0.15, 0.2) is 6.29 Å². The second kappa shape index (κ2) is 10.2. The van der Waals surface area contributed by atoms with E-state index in [0.717, 1.165) is 37.7 Å². The number of aliphatic hydroxyl groups is 6. The number of allylic oxidation sites excluding steroid dienone is 1. The minimum Gasteiger partial charge on any atom is -0.396 e. The maximum atomic E-state index is 11.7. The number of rotatable bonds is 7. The van der Waals surface area contributed by atoms with Crippen LogP contribution in [0.5, 0.6) is 0 Å². The molecular formula is C25H44O8. The lowest BCUT2D eigenvalue weighted by Crippen LogP contribution is -2.65. The average Bonchev–Trinajstić information content (AvgIpc) is 2.73. The largest absolute Gasteiger partial charge is 0.396 e. The fourth-order valence-corrected chi connectivity index (χ4v) is 7.27. The molecule has 0 unspecified atom stereocenters. The van der Waals surface area contributed by atoms with E-state index in [9.17, 15) is 30.6 Å². The summed E-state index contributed by atoms with van der Waals surface area (Å²) in [7, 11) is 0. The Bertz CT molecular complexity index is 696. The van der Waals surface area contributed by atoms with E-state index in [-0.39, 0.29) is 37.1 Å². The summed E-state index contributed by atoms with van der Waals surface area (Å²) in [5, 5.41) is 61.7. The van der Waals surface area contributed by atoms with E-state index in [1.54, 1.807) is 6.08 Å². The Labute approximate surface area is 197 Å². The minimum atomic E-state index is -1.40. The third-order valence-corrected chi connectivity index (χ3v) is 8.85. The van der Waals surface area contributed by atoms with Crippen LogP contribution in [0.15, 0.2) is 11.6 Å². The Hall–Kier alpha value is -0.580. The van der Waals surface area contributed by atoms with E-state index in [4.69, 9.17) is 9.47 Å². The minimum absolute atomic E-state index is 0.00442. The third-order valence-electron chi connectivity index (χ3n) is 8.85. The van der Waals surface area contributed by atoms with Gasteiger partial charge < -0.3 is 40.1 Å². The normalized spacial score (nSPS) is 49.0. The van der Waals surface area contributed by atoms with Crippen LogP contribution in [0.4, 0.5) is 0 Å². The summed E-state index contributed by atoms with van der Waals surface area (Å²) >= 11 is 0. The van der Waals surface area contributed by atoms with E-state index in [1.807, 2.05) is 13.8 Å². The molecule has 2 saturated carbocycles. The SMILES string of the molecule is C/C(=C\CO)CC[C@@H]1[C@@]2(C)CCC[C@](C)(CO)[C@@H]2[C@@H](O[C@@H]2OC[C@H](O)[C@H](O)[C@H]2O)C[C@@]1(C)O. The molecule has 0 spiro atoms. The standard InChI is InChI=1S/C25H44O8/c1-15(8-11-26)6-7-18-24(3)10-5-9-23(2,14-27)21(24)17(12-25(18,4)31)33-22-20(30)19(29)16(28)13-32-22/h8,16-22,26-31H,5-7,9-14H2,1-4H3/b15-8+/t16-,17-,18+,19-,20+,21-,22-,23+,24+,25+/m0/s1. The van der Waals surface area contributed by atoms with Crippen LogP contribution in [-0.4, -0.2) is 86.8 Å². The van der Waals surface area contributed by atoms with E-state index in [0.29, 0.717) is 6.42 Å². The first-order valence-electron chi connectivity index (χ1n) is 12.3. The summed E-state index contributed by atoms with van der Waals surface area (Å²) in [5.74, 6) is -0.149. The summed E-state index contributed by atoms with van der Waals surface area (Å²) in [6, 6.07) is 0. The maximum absolute atomic E-state index is 11.7. The van der Waals surface area contributed by atoms with Gasteiger partial charge in [0.25, 0.3) is 0 Å². The first-order valence-corrected chi connectivity index (χ1v) is 12.3. The molecule has 33 heavy (non-hydrogen) atoms. The molecule has 0 aromatic heterocycles. The van der Waals surface area contributed by atoms with Crippen LogP contribution in [0.3, 0.4) is 0 Å². The number of aliphatic hydroxyl groups excluding tert-OH is 5. The predicted octanol–water partition coefficient (Wildman–Crippen LogP) is 1.11. The highest BCUT2D eigenvalue weighted by Crippen LogP contribution is 2.63. The van der Waals surface area contributed by atoms with Crippen LogP contribution in [0, 0.1) is 22.7 Å². The first-order chi connectivity index (χ1) is 15.4. The topological polar surface area (TPSA) is 140 Å². The molecule has 0 bridgehead atoms. The summed E-state index contributed by atoms with van der Waals surface area (Å²) in [5.41, 5.74) is -0.737. The van der Waals surface area contributed by atoms with Crippen molar-refractivity contribution in [2.75, 3.05) is 19.8 Å². The van der Waals surface area contributed by atoms with Gasteiger partial charge in [-0.3, -0.25) is 0 Å². The van der Waals surface area contributed by atoms with E-state index < -0.39 is 41.7 Å². The maximum Gasteiger partial charge on any atom is 0.186 e. The first kappa shape index (κ1) is 27.0. The average molecular weight is 473 g/mol. The van der Waals surface area contributed by atoms with Gasteiger partial charge in [-0.15, -0.1) is 0 Å². The highest BCUT2D eigenvalue weighted by Gasteiger charge is 2.63. The van der Waals surface area contributed by atoms with Gasteiger partial charge in [-0.05, 0) is 62.2 Å². The van der Waals surface area contributed by atoms with Gasteiger partial charge in [0, 0.05) is 13.0 Å². The zero-order chi connectivity index (χ0) is 24.6. The van der Waals surface area contributed by atoms with Crippen LogP contribution < -0.4 is 0 Å². The zero-order valence-electron chi connectivity index (χ0n) is 20.5. The van der Waals surface area contributed by atoms with Crippen molar-refractivity contribution < 1.29 is 40.1 Å². The summed E-state index contributed by atoms with van der Waals surface area (Å²) < 4.78 is 11.8. The summed E-state index contributed by atoms with van der Waals surface area (Å²) in [6.45, 7) is 7.90. The summed E-state index contributed by atoms with van der Waals surface area (Å²) in [6.07, 6.45) is 0.679. The van der Waals surface area contributed by atoms with Gasteiger partial charge in [0.05, 0.1) is 24.9 Å². The van der Waals surface area contributed by atoms with E-state index in [2.05, 4.69) is 13.8 Å². The lowest BCUT2D eigenvalue weighted by Gasteiger charge is -2.64. The molecule has 0 amide bonds. The van der Waals surface area contributed by atoms with Crippen molar-refractivity contribution in [3.05, 3.63) is 11.6 Å². The summed E-state index contributed by atoms with van der Waals surface area (Å²) in [4.78, 5) is 0. The quantitative estimate of drug-likeness (QED) is 0.303. The van der Waals surface area contributed by atoms with Gasteiger partial charge in [-0.2, -0.15) is 0 Å². The molecular weight excluding hydrogens is 428 g/mol. The molecule has 0 radical (unpaired) electrons.